The van der Waals surface area contributed by atoms with Gasteiger partial charge in [0.1, 0.15) is 0 Å². The van der Waals surface area contributed by atoms with Crippen LogP contribution < -0.4 is 0 Å². The summed E-state index contributed by atoms with van der Waals surface area (Å²) in [6, 6.07) is 0. The molecule has 0 heterocycles. The maximum atomic E-state index is 11.5. The predicted molar refractivity (Wildman–Crippen MR) is 91.4 cm³/mol. The van der Waals surface area contributed by atoms with Gasteiger partial charge >= 0.3 is 5.97 Å². The highest BCUT2D eigenvalue weighted by molar-refractivity contribution is 5.69. The van der Waals surface area contributed by atoms with Gasteiger partial charge in [-0.1, -0.05) is 65.0 Å². The molecule has 0 saturated heterocycles. The number of hydrogen-bond acceptors (Lipinski definition) is 2. The SMILES string of the molecule is CCCCC=CCCCCCCCC(=O)OCCC(C)C. The topological polar surface area (TPSA) is 26.3 Å². The van der Waals surface area contributed by atoms with Crippen molar-refractivity contribution < 1.29 is 9.53 Å². The first kappa shape index (κ1) is 20.2. The van der Waals surface area contributed by atoms with Gasteiger partial charge in [0.05, 0.1) is 6.61 Å². The highest BCUT2D eigenvalue weighted by atomic mass is 16.5. The molecule has 0 fully saturated rings. The predicted octanol–water partition coefficient (Wildman–Crippen LogP) is 6.05. The Kier molecular flexibility index (Phi) is 15.0. The van der Waals surface area contributed by atoms with E-state index < -0.39 is 0 Å². The van der Waals surface area contributed by atoms with Gasteiger partial charge in [-0.15, -0.1) is 0 Å². The van der Waals surface area contributed by atoms with Gasteiger partial charge in [0.2, 0.25) is 0 Å². The normalized spacial score (nSPS) is 11.4. The summed E-state index contributed by atoms with van der Waals surface area (Å²) in [6.45, 7) is 7.11. The van der Waals surface area contributed by atoms with Gasteiger partial charge in [-0.25, -0.2) is 0 Å². The number of unbranched alkanes of at least 4 members (excludes halogenated alkanes) is 7. The summed E-state index contributed by atoms with van der Waals surface area (Å²) in [7, 11) is 0. The van der Waals surface area contributed by atoms with Crippen molar-refractivity contribution in [2.75, 3.05) is 6.61 Å². The van der Waals surface area contributed by atoms with Crippen molar-refractivity contribution in [1.29, 1.82) is 0 Å². The molecule has 0 aliphatic rings. The number of hydrogen-bond donors (Lipinski definition) is 0. The highest BCUT2D eigenvalue weighted by Crippen LogP contribution is 2.09. The Hall–Kier alpha value is -0.790. The Bertz CT molecular complexity index is 256. The molecular weight excluding hydrogens is 260 g/mol. The summed E-state index contributed by atoms with van der Waals surface area (Å²) in [5.74, 6) is 0.586. The molecule has 2 nitrogen and oxygen atoms in total. The molecule has 0 aliphatic carbocycles. The number of rotatable bonds is 14. The molecule has 0 spiro atoms. The lowest BCUT2D eigenvalue weighted by Gasteiger charge is -2.06. The maximum Gasteiger partial charge on any atom is 0.305 e. The third kappa shape index (κ3) is 17.2. The average Bonchev–Trinajstić information content (AvgIpc) is 2.44. The first-order chi connectivity index (χ1) is 10.2. The van der Waals surface area contributed by atoms with Gasteiger partial charge in [-0.3, -0.25) is 4.79 Å². The number of carbonyl (C=O) groups is 1. The van der Waals surface area contributed by atoms with Crippen LogP contribution in [0, 0.1) is 5.92 Å². The average molecular weight is 296 g/mol. The molecule has 0 bridgehead atoms. The summed E-state index contributed by atoms with van der Waals surface area (Å²) >= 11 is 0. The molecule has 0 aromatic heterocycles. The van der Waals surface area contributed by atoms with E-state index in [-0.39, 0.29) is 5.97 Å². The third-order valence-corrected chi connectivity index (χ3v) is 3.60. The largest absolute Gasteiger partial charge is 0.466 e. The van der Waals surface area contributed by atoms with Crippen molar-refractivity contribution in [3.8, 4) is 0 Å². The van der Waals surface area contributed by atoms with E-state index in [0.29, 0.717) is 18.9 Å². The van der Waals surface area contributed by atoms with Crippen molar-refractivity contribution in [2.24, 2.45) is 5.92 Å². The minimum absolute atomic E-state index is 0.0190. The van der Waals surface area contributed by atoms with Crippen molar-refractivity contribution >= 4 is 5.97 Å². The van der Waals surface area contributed by atoms with Crippen LogP contribution in [0.2, 0.25) is 0 Å². The summed E-state index contributed by atoms with van der Waals surface area (Å²) in [6.07, 6.45) is 17.2. The van der Waals surface area contributed by atoms with E-state index in [1.807, 2.05) is 0 Å². The first-order valence-electron chi connectivity index (χ1n) is 8.97. The zero-order valence-electron chi connectivity index (χ0n) is 14.5. The lowest BCUT2D eigenvalue weighted by molar-refractivity contribution is -0.144. The molecule has 0 amide bonds. The molecule has 0 unspecified atom stereocenters. The molecule has 0 rings (SSSR count). The number of allylic oxidation sites excluding steroid dienone is 2. The number of esters is 1. The third-order valence-electron chi connectivity index (χ3n) is 3.60. The van der Waals surface area contributed by atoms with Crippen molar-refractivity contribution in [2.45, 2.75) is 91.4 Å². The number of ether oxygens (including phenoxy) is 1. The van der Waals surface area contributed by atoms with Gasteiger partial charge in [-0.05, 0) is 38.0 Å². The molecule has 0 saturated carbocycles. The molecule has 0 atom stereocenters. The van der Waals surface area contributed by atoms with Crippen molar-refractivity contribution in [1.82, 2.24) is 0 Å². The summed E-state index contributed by atoms with van der Waals surface area (Å²) in [5, 5.41) is 0. The van der Waals surface area contributed by atoms with Gasteiger partial charge in [0.15, 0.2) is 0 Å². The Morgan fingerprint density at radius 1 is 0.952 bits per heavy atom. The lowest BCUT2D eigenvalue weighted by Crippen LogP contribution is -2.07. The molecular formula is C19H36O2. The second kappa shape index (κ2) is 15.6. The van der Waals surface area contributed by atoms with Crippen LogP contribution >= 0.6 is 0 Å². The molecule has 0 aromatic carbocycles. The van der Waals surface area contributed by atoms with E-state index >= 15 is 0 Å². The van der Waals surface area contributed by atoms with Gasteiger partial charge in [-0.2, -0.15) is 0 Å². The van der Waals surface area contributed by atoms with Crippen LogP contribution in [0.1, 0.15) is 91.4 Å². The van der Waals surface area contributed by atoms with Crippen LogP contribution in [-0.2, 0) is 9.53 Å². The fraction of sp³-hybridized carbons (Fsp3) is 0.842. The monoisotopic (exact) mass is 296 g/mol. The molecule has 0 aromatic rings. The van der Waals surface area contributed by atoms with Gasteiger partial charge in [0, 0.05) is 6.42 Å². The minimum atomic E-state index is -0.0190. The van der Waals surface area contributed by atoms with E-state index in [4.69, 9.17) is 4.74 Å². The Morgan fingerprint density at radius 3 is 2.24 bits per heavy atom. The lowest BCUT2D eigenvalue weighted by atomic mass is 10.1. The summed E-state index contributed by atoms with van der Waals surface area (Å²) in [4.78, 5) is 11.5. The van der Waals surface area contributed by atoms with Crippen molar-refractivity contribution in [3.05, 3.63) is 12.2 Å². The van der Waals surface area contributed by atoms with Crippen molar-refractivity contribution in [3.63, 3.8) is 0 Å². The standard InChI is InChI=1S/C19H36O2/c1-4-5-6-7-8-9-10-11-12-13-14-15-19(20)21-17-16-18(2)3/h7-8,18H,4-6,9-17H2,1-3H3. The second-order valence-electron chi connectivity index (χ2n) is 6.32. The van der Waals surface area contributed by atoms with Crippen LogP contribution in [0.15, 0.2) is 12.2 Å². The molecule has 2 heteroatoms. The van der Waals surface area contributed by atoms with Gasteiger partial charge in [0.25, 0.3) is 0 Å². The molecule has 0 aliphatic heterocycles. The Balaban J connectivity index is 3.21. The number of carbonyl (C=O) groups excluding carboxylic acids is 1. The Labute approximate surface area is 132 Å². The molecule has 21 heavy (non-hydrogen) atoms. The molecule has 0 N–H and O–H groups in total. The quantitative estimate of drug-likeness (QED) is 0.221. The molecule has 124 valence electrons. The zero-order chi connectivity index (χ0) is 15.8. The fourth-order valence-electron chi connectivity index (χ4n) is 2.10. The highest BCUT2D eigenvalue weighted by Gasteiger charge is 2.03. The molecule has 0 radical (unpaired) electrons. The minimum Gasteiger partial charge on any atom is -0.466 e. The first-order valence-corrected chi connectivity index (χ1v) is 8.97. The van der Waals surface area contributed by atoms with Crippen LogP contribution in [0.3, 0.4) is 0 Å². The fourth-order valence-corrected chi connectivity index (χ4v) is 2.10. The zero-order valence-corrected chi connectivity index (χ0v) is 14.5. The van der Waals surface area contributed by atoms with Crippen LogP contribution in [-0.4, -0.2) is 12.6 Å². The van der Waals surface area contributed by atoms with Gasteiger partial charge < -0.3 is 4.74 Å². The van der Waals surface area contributed by atoms with E-state index in [0.717, 1.165) is 19.3 Å². The van der Waals surface area contributed by atoms with E-state index in [1.54, 1.807) is 0 Å². The van der Waals surface area contributed by atoms with E-state index in [1.165, 1.54) is 44.9 Å². The van der Waals surface area contributed by atoms with Crippen LogP contribution in [0.5, 0.6) is 0 Å². The van der Waals surface area contributed by atoms with Crippen LogP contribution in [0.25, 0.3) is 0 Å². The smallest absolute Gasteiger partial charge is 0.305 e. The Morgan fingerprint density at radius 2 is 1.57 bits per heavy atom. The summed E-state index contributed by atoms with van der Waals surface area (Å²) < 4.78 is 5.20. The second-order valence-corrected chi connectivity index (χ2v) is 6.32. The van der Waals surface area contributed by atoms with E-state index in [2.05, 4.69) is 32.9 Å². The van der Waals surface area contributed by atoms with E-state index in [9.17, 15) is 4.79 Å². The maximum absolute atomic E-state index is 11.5. The van der Waals surface area contributed by atoms with Crippen LogP contribution in [0.4, 0.5) is 0 Å². The summed E-state index contributed by atoms with van der Waals surface area (Å²) in [5.41, 5.74) is 0.